The van der Waals surface area contributed by atoms with Crippen LogP contribution in [0, 0.1) is 6.92 Å². The lowest BCUT2D eigenvalue weighted by Gasteiger charge is -2.06. The van der Waals surface area contributed by atoms with E-state index in [-0.39, 0.29) is 0 Å². The molecule has 0 aromatic carbocycles. The molecule has 0 spiro atoms. The molecule has 1 N–H and O–H groups in total. The van der Waals surface area contributed by atoms with Gasteiger partial charge in [0, 0.05) is 24.4 Å². The third kappa shape index (κ3) is 3.66. The van der Waals surface area contributed by atoms with Crippen molar-refractivity contribution in [2.45, 2.75) is 20.3 Å². The Morgan fingerprint density at radius 3 is 3.00 bits per heavy atom. The van der Waals surface area contributed by atoms with E-state index in [1.54, 1.807) is 17.4 Å². The minimum atomic E-state index is 0.597. The predicted molar refractivity (Wildman–Crippen MR) is 72.2 cm³/mol. The van der Waals surface area contributed by atoms with E-state index in [4.69, 9.17) is 4.74 Å². The van der Waals surface area contributed by atoms with E-state index in [0.29, 0.717) is 12.5 Å². The Morgan fingerprint density at radius 1 is 1.39 bits per heavy atom. The molecule has 0 fully saturated rings. The van der Waals surface area contributed by atoms with Crippen LogP contribution < -0.4 is 10.1 Å². The summed E-state index contributed by atoms with van der Waals surface area (Å²) in [5.74, 6) is 1.37. The number of rotatable bonds is 6. The topological polar surface area (TPSA) is 59.9 Å². The summed E-state index contributed by atoms with van der Waals surface area (Å²) in [5, 5.41) is 6.42. The number of ether oxygens (including phenoxy) is 1. The van der Waals surface area contributed by atoms with E-state index < -0.39 is 0 Å². The van der Waals surface area contributed by atoms with Crippen molar-refractivity contribution in [2.75, 3.05) is 18.5 Å². The molecule has 0 aliphatic heterocycles. The van der Waals surface area contributed by atoms with E-state index in [2.05, 4.69) is 25.6 Å². The Hall–Kier alpha value is -1.69. The largest absolute Gasteiger partial charge is 0.478 e. The summed E-state index contributed by atoms with van der Waals surface area (Å²) in [6.07, 6.45) is 2.39. The fourth-order valence-corrected chi connectivity index (χ4v) is 2.15. The van der Waals surface area contributed by atoms with Crippen LogP contribution in [0.5, 0.6) is 5.88 Å². The molecular weight excluding hydrogens is 248 g/mol. The number of hydrogen-bond acceptors (Lipinski definition) is 6. The van der Waals surface area contributed by atoms with Crippen molar-refractivity contribution < 1.29 is 4.74 Å². The maximum absolute atomic E-state index is 5.31. The summed E-state index contributed by atoms with van der Waals surface area (Å²) in [6.45, 7) is 5.35. The Kier molecular flexibility index (Phi) is 4.46. The molecule has 2 heterocycles. The number of aryl methyl sites for hydroxylation is 1. The lowest BCUT2D eigenvalue weighted by atomic mass is 10.3. The molecule has 0 amide bonds. The monoisotopic (exact) mass is 264 g/mol. The fourth-order valence-electron chi connectivity index (χ4n) is 1.50. The molecule has 0 saturated heterocycles. The molecule has 2 aromatic rings. The van der Waals surface area contributed by atoms with Gasteiger partial charge in [0.2, 0.25) is 5.88 Å². The fraction of sp³-hybridized carbons (Fsp3) is 0.417. The van der Waals surface area contributed by atoms with Crippen molar-refractivity contribution in [1.29, 1.82) is 0 Å². The van der Waals surface area contributed by atoms with Gasteiger partial charge in [-0.2, -0.15) is 0 Å². The van der Waals surface area contributed by atoms with E-state index in [1.165, 1.54) is 6.33 Å². The van der Waals surface area contributed by atoms with Crippen molar-refractivity contribution in [3.8, 4) is 5.88 Å². The van der Waals surface area contributed by atoms with Crippen LogP contribution in [0.25, 0.3) is 0 Å². The first-order valence-corrected chi connectivity index (χ1v) is 6.75. The minimum Gasteiger partial charge on any atom is -0.478 e. The van der Waals surface area contributed by atoms with Crippen molar-refractivity contribution in [1.82, 2.24) is 15.0 Å². The summed E-state index contributed by atoms with van der Waals surface area (Å²) in [5.41, 5.74) is 1.11. The van der Waals surface area contributed by atoms with E-state index in [1.807, 2.05) is 13.8 Å². The number of nitrogens with zero attached hydrogens (tertiary/aromatic N) is 3. The van der Waals surface area contributed by atoms with Gasteiger partial charge in [0.05, 0.1) is 17.3 Å². The van der Waals surface area contributed by atoms with Crippen LogP contribution in [0.3, 0.4) is 0 Å². The first kappa shape index (κ1) is 12.8. The van der Waals surface area contributed by atoms with Crippen molar-refractivity contribution >= 4 is 17.2 Å². The van der Waals surface area contributed by atoms with Crippen LogP contribution in [-0.4, -0.2) is 28.1 Å². The lowest BCUT2D eigenvalue weighted by Crippen LogP contribution is -2.07. The number of hydrogen-bond donors (Lipinski definition) is 1. The van der Waals surface area contributed by atoms with Crippen LogP contribution in [0.1, 0.15) is 17.6 Å². The Morgan fingerprint density at radius 2 is 2.28 bits per heavy atom. The number of anilines is 1. The van der Waals surface area contributed by atoms with Gasteiger partial charge in [-0.1, -0.05) is 0 Å². The van der Waals surface area contributed by atoms with Gasteiger partial charge in [-0.05, 0) is 13.8 Å². The van der Waals surface area contributed by atoms with Gasteiger partial charge in [-0.25, -0.2) is 15.0 Å². The predicted octanol–water partition coefficient (Wildman–Crippen LogP) is 2.29. The highest BCUT2D eigenvalue weighted by molar-refractivity contribution is 7.09. The number of aromatic nitrogens is 3. The molecular formula is C12H16N4OS. The van der Waals surface area contributed by atoms with Crippen molar-refractivity contribution in [2.24, 2.45) is 0 Å². The van der Waals surface area contributed by atoms with Crippen LogP contribution in [-0.2, 0) is 6.42 Å². The second-order valence-corrected chi connectivity index (χ2v) is 4.77. The van der Waals surface area contributed by atoms with E-state index in [0.717, 1.165) is 29.5 Å². The maximum Gasteiger partial charge on any atom is 0.218 e. The summed E-state index contributed by atoms with van der Waals surface area (Å²) >= 11 is 1.68. The van der Waals surface area contributed by atoms with Gasteiger partial charge >= 0.3 is 0 Å². The van der Waals surface area contributed by atoms with Crippen LogP contribution in [0.15, 0.2) is 17.8 Å². The van der Waals surface area contributed by atoms with Gasteiger partial charge in [0.1, 0.15) is 12.1 Å². The Bertz CT molecular complexity index is 500. The normalized spacial score (nSPS) is 10.3. The highest BCUT2D eigenvalue weighted by Gasteiger charge is 2.00. The molecule has 0 aliphatic carbocycles. The molecule has 0 saturated carbocycles. The van der Waals surface area contributed by atoms with Crippen molar-refractivity contribution in [3.63, 3.8) is 0 Å². The summed E-state index contributed by atoms with van der Waals surface area (Å²) in [7, 11) is 0. The standard InChI is InChI=1S/C12H16N4OS/c1-3-17-12-6-11(14-8-15-12)13-5-4-10-7-18-9(2)16-10/h6-8H,3-5H2,1-2H3,(H,13,14,15). The average Bonchev–Trinajstić information content (AvgIpc) is 2.76. The van der Waals surface area contributed by atoms with Crippen LogP contribution in [0.4, 0.5) is 5.82 Å². The highest BCUT2D eigenvalue weighted by atomic mass is 32.1. The van der Waals surface area contributed by atoms with Gasteiger partial charge in [0.15, 0.2) is 0 Å². The van der Waals surface area contributed by atoms with Gasteiger partial charge in [-0.3, -0.25) is 0 Å². The minimum absolute atomic E-state index is 0.597. The van der Waals surface area contributed by atoms with E-state index >= 15 is 0 Å². The van der Waals surface area contributed by atoms with E-state index in [9.17, 15) is 0 Å². The second-order valence-electron chi connectivity index (χ2n) is 3.71. The summed E-state index contributed by atoms with van der Waals surface area (Å²) in [6, 6.07) is 1.80. The van der Waals surface area contributed by atoms with Gasteiger partial charge < -0.3 is 10.1 Å². The SMILES string of the molecule is CCOc1cc(NCCc2csc(C)n2)ncn1. The molecule has 0 radical (unpaired) electrons. The molecule has 0 atom stereocenters. The Labute approximate surface area is 110 Å². The molecule has 18 heavy (non-hydrogen) atoms. The molecule has 0 aliphatic rings. The lowest BCUT2D eigenvalue weighted by molar-refractivity contribution is 0.326. The molecule has 2 aromatic heterocycles. The Balaban J connectivity index is 1.84. The third-order valence-corrected chi connectivity index (χ3v) is 3.11. The first-order chi connectivity index (χ1) is 8.78. The molecule has 5 nitrogen and oxygen atoms in total. The zero-order valence-electron chi connectivity index (χ0n) is 10.5. The van der Waals surface area contributed by atoms with Crippen molar-refractivity contribution in [3.05, 3.63) is 28.5 Å². The first-order valence-electron chi connectivity index (χ1n) is 5.87. The number of thiazole rings is 1. The molecule has 96 valence electrons. The smallest absolute Gasteiger partial charge is 0.218 e. The van der Waals surface area contributed by atoms with Gasteiger partial charge in [-0.15, -0.1) is 11.3 Å². The highest BCUT2D eigenvalue weighted by Crippen LogP contribution is 2.12. The zero-order valence-corrected chi connectivity index (χ0v) is 11.3. The van der Waals surface area contributed by atoms with Crippen LogP contribution in [0.2, 0.25) is 0 Å². The average molecular weight is 264 g/mol. The molecule has 0 unspecified atom stereocenters. The summed E-state index contributed by atoms with van der Waals surface area (Å²) < 4.78 is 5.31. The third-order valence-electron chi connectivity index (χ3n) is 2.29. The zero-order chi connectivity index (χ0) is 12.8. The van der Waals surface area contributed by atoms with Crippen LogP contribution >= 0.6 is 11.3 Å². The maximum atomic E-state index is 5.31. The second kappa shape index (κ2) is 6.30. The quantitative estimate of drug-likeness (QED) is 0.867. The number of nitrogens with one attached hydrogen (secondary N) is 1. The molecule has 6 heteroatoms. The molecule has 2 rings (SSSR count). The van der Waals surface area contributed by atoms with Gasteiger partial charge in [0.25, 0.3) is 0 Å². The molecule has 0 bridgehead atoms. The summed E-state index contributed by atoms with van der Waals surface area (Å²) in [4.78, 5) is 12.6.